The molecule has 0 spiro atoms. The van der Waals surface area contributed by atoms with Crippen molar-refractivity contribution in [2.45, 2.75) is 47.4 Å². The van der Waals surface area contributed by atoms with E-state index in [0.29, 0.717) is 45.1 Å². The van der Waals surface area contributed by atoms with Gasteiger partial charge >= 0.3 is 12.2 Å². The van der Waals surface area contributed by atoms with Crippen LogP contribution >= 0.6 is 11.8 Å². The maximum Gasteiger partial charge on any atom is 0.416 e. The Morgan fingerprint density at radius 3 is 2.40 bits per heavy atom. The maximum atomic E-state index is 13.5. The summed E-state index contributed by atoms with van der Waals surface area (Å²) < 4.78 is 66.6. The van der Waals surface area contributed by atoms with Crippen molar-refractivity contribution in [3.8, 4) is 0 Å². The van der Waals surface area contributed by atoms with Gasteiger partial charge in [0.25, 0.3) is 5.91 Å². The highest BCUT2D eigenvalue weighted by molar-refractivity contribution is 7.98. The molecule has 1 aliphatic heterocycles. The predicted octanol–water partition coefficient (Wildman–Crippen LogP) is 2.71. The Balaban J connectivity index is 1.43. The van der Waals surface area contributed by atoms with Crippen LogP contribution in [0, 0.1) is 5.92 Å². The highest BCUT2D eigenvalue weighted by atomic mass is 32.2. The molecule has 2 fully saturated rings. The van der Waals surface area contributed by atoms with Crippen LogP contribution in [0.2, 0.25) is 0 Å². The fourth-order valence-electron chi connectivity index (χ4n) is 5.34. The predicted molar refractivity (Wildman–Crippen MR) is 163 cm³/mol. The molecule has 1 aliphatic carbocycles. The molecule has 4 rings (SSSR count). The standard InChI is InChI=1S/C29H36F3N5O6S2/c1-44-21-5-7-22(8-6-21)45(42,43)17-18-2-4-20(38)15-25(18)35-26(39)16-34-27(40)23-14-19(29(30,31)32)3-9-24(23)36-28(41)37-12-10-33-11-13-37/h3,5-9,14,18,20,25,33,38H,2,4,10-13,15-17H2,1H3,(H,34,40)(H,35,39)(H,36,41)/t18-,20-,25+/m1/s1. The van der Waals surface area contributed by atoms with E-state index < -0.39 is 69.6 Å². The van der Waals surface area contributed by atoms with Gasteiger partial charge in [0.05, 0.1) is 40.1 Å². The number of nitrogens with one attached hydrogen (secondary N) is 4. The molecule has 16 heteroatoms. The largest absolute Gasteiger partial charge is 0.416 e. The third kappa shape index (κ3) is 9.34. The van der Waals surface area contributed by atoms with E-state index >= 15 is 0 Å². The number of aliphatic hydroxyl groups is 1. The summed E-state index contributed by atoms with van der Waals surface area (Å²) in [6.45, 7) is 1.19. The summed E-state index contributed by atoms with van der Waals surface area (Å²) in [4.78, 5) is 41.1. The Bertz CT molecular complexity index is 1480. The average molecular weight is 672 g/mol. The van der Waals surface area contributed by atoms with Crippen molar-refractivity contribution in [2.75, 3.05) is 50.0 Å². The number of aliphatic hydroxyl groups excluding tert-OH is 1. The third-order valence-electron chi connectivity index (χ3n) is 7.81. The van der Waals surface area contributed by atoms with Crippen molar-refractivity contribution in [3.05, 3.63) is 53.6 Å². The quantitative estimate of drug-likeness (QED) is 0.255. The molecular weight excluding hydrogens is 635 g/mol. The van der Waals surface area contributed by atoms with Crippen LogP contribution < -0.4 is 21.3 Å². The number of nitrogens with zero attached hydrogens (tertiary/aromatic N) is 1. The van der Waals surface area contributed by atoms with Gasteiger partial charge in [-0.1, -0.05) is 0 Å². The van der Waals surface area contributed by atoms with Gasteiger partial charge in [0, 0.05) is 37.1 Å². The second-order valence-electron chi connectivity index (χ2n) is 11.0. The van der Waals surface area contributed by atoms with Crippen molar-refractivity contribution < 1.29 is 41.1 Å². The summed E-state index contributed by atoms with van der Waals surface area (Å²) in [5.74, 6) is -2.53. The number of piperazine rings is 1. The summed E-state index contributed by atoms with van der Waals surface area (Å²) in [6.07, 6.45) is -2.87. The van der Waals surface area contributed by atoms with Crippen LogP contribution in [0.4, 0.5) is 23.7 Å². The monoisotopic (exact) mass is 671 g/mol. The minimum absolute atomic E-state index is 0.0983. The molecule has 0 bridgehead atoms. The van der Waals surface area contributed by atoms with Crippen LogP contribution in [0.3, 0.4) is 0 Å². The number of sulfone groups is 1. The van der Waals surface area contributed by atoms with Crippen molar-refractivity contribution in [3.63, 3.8) is 0 Å². The number of thioether (sulfide) groups is 1. The lowest BCUT2D eigenvalue weighted by molar-refractivity contribution is -0.137. The molecule has 5 N–H and O–H groups in total. The molecule has 2 aliphatic rings. The fourth-order valence-corrected chi connectivity index (χ4v) is 7.46. The second kappa shape index (κ2) is 14.8. The van der Waals surface area contributed by atoms with Gasteiger partial charge in [0.1, 0.15) is 0 Å². The maximum absolute atomic E-state index is 13.5. The third-order valence-corrected chi connectivity index (χ3v) is 10.4. The summed E-state index contributed by atoms with van der Waals surface area (Å²) in [5, 5.41) is 20.8. The number of hydrogen-bond acceptors (Lipinski definition) is 8. The molecule has 1 saturated heterocycles. The van der Waals surface area contributed by atoms with E-state index in [-0.39, 0.29) is 22.8 Å². The Morgan fingerprint density at radius 1 is 1.07 bits per heavy atom. The number of halogens is 3. The lowest BCUT2D eigenvalue weighted by Gasteiger charge is -2.34. The molecule has 2 aromatic rings. The Kier molecular flexibility index (Phi) is 11.4. The minimum atomic E-state index is -4.76. The van der Waals surface area contributed by atoms with Crippen molar-refractivity contribution in [1.29, 1.82) is 0 Å². The van der Waals surface area contributed by atoms with Gasteiger partial charge < -0.3 is 31.3 Å². The molecule has 0 aromatic heterocycles. The van der Waals surface area contributed by atoms with Crippen LogP contribution in [0.1, 0.15) is 35.2 Å². The number of carbonyl (C=O) groups excluding carboxylic acids is 3. The molecule has 0 unspecified atom stereocenters. The lowest BCUT2D eigenvalue weighted by atomic mass is 9.84. The number of alkyl halides is 3. The normalized spacial score (nSPS) is 20.7. The van der Waals surface area contributed by atoms with Crippen molar-refractivity contribution >= 4 is 45.1 Å². The topological polar surface area (TPSA) is 157 Å². The highest BCUT2D eigenvalue weighted by Gasteiger charge is 2.35. The molecular formula is C29H36F3N5O6S2. The number of carbonyl (C=O) groups is 3. The van der Waals surface area contributed by atoms with E-state index in [1.54, 1.807) is 12.1 Å². The summed E-state index contributed by atoms with van der Waals surface area (Å²) in [5.41, 5.74) is -1.75. The van der Waals surface area contributed by atoms with E-state index in [1.807, 2.05) is 6.26 Å². The van der Waals surface area contributed by atoms with Gasteiger partial charge in [-0.2, -0.15) is 13.2 Å². The van der Waals surface area contributed by atoms with E-state index in [0.717, 1.165) is 17.0 Å². The van der Waals surface area contributed by atoms with Gasteiger partial charge in [-0.05, 0) is 73.9 Å². The van der Waals surface area contributed by atoms with Crippen LogP contribution in [-0.4, -0.2) is 93.1 Å². The molecule has 4 amide bonds. The van der Waals surface area contributed by atoms with Crippen LogP contribution in [0.5, 0.6) is 0 Å². The minimum Gasteiger partial charge on any atom is -0.393 e. The Labute approximate surface area is 263 Å². The number of rotatable bonds is 9. The molecule has 3 atom stereocenters. The molecule has 2 aromatic carbocycles. The van der Waals surface area contributed by atoms with Gasteiger partial charge in [-0.3, -0.25) is 9.59 Å². The number of benzene rings is 2. The first-order valence-electron chi connectivity index (χ1n) is 14.4. The highest BCUT2D eigenvalue weighted by Crippen LogP contribution is 2.32. The van der Waals surface area contributed by atoms with Gasteiger partial charge in [-0.25, -0.2) is 13.2 Å². The number of amides is 4. The molecule has 1 heterocycles. The smallest absolute Gasteiger partial charge is 0.393 e. The second-order valence-corrected chi connectivity index (χ2v) is 13.9. The van der Waals surface area contributed by atoms with Crippen LogP contribution in [0.25, 0.3) is 0 Å². The van der Waals surface area contributed by atoms with Crippen LogP contribution in [-0.2, 0) is 20.8 Å². The van der Waals surface area contributed by atoms with E-state index in [9.17, 15) is 41.1 Å². The molecule has 246 valence electrons. The lowest BCUT2D eigenvalue weighted by Crippen LogP contribution is -2.50. The zero-order valence-corrected chi connectivity index (χ0v) is 26.2. The SMILES string of the molecule is CSc1ccc(S(=O)(=O)C[C@H]2CC[C@@H](O)C[C@@H]2NC(=O)CNC(=O)c2cc(C(F)(F)F)ccc2NC(=O)N2CCNCC2)cc1. The van der Waals surface area contributed by atoms with Gasteiger partial charge in [0.15, 0.2) is 9.84 Å². The summed E-state index contributed by atoms with van der Waals surface area (Å²) >= 11 is 1.47. The zero-order chi connectivity index (χ0) is 32.8. The molecule has 11 nitrogen and oxygen atoms in total. The first-order chi connectivity index (χ1) is 21.3. The zero-order valence-electron chi connectivity index (χ0n) is 24.5. The van der Waals surface area contributed by atoms with Crippen LogP contribution in [0.15, 0.2) is 52.3 Å². The molecule has 45 heavy (non-hydrogen) atoms. The van der Waals surface area contributed by atoms with Gasteiger partial charge in [-0.15, -0.1) is 11.8 Å². The fraction of sp³-hybridized carbons (Fsp3) is 0.483. The molecule has 1 saturated carbocycles. The number of urea groups is 1. The van der Waals surface area contributed by atoms with E-state index in [2.05, 4.69) is 21.3 Å². The molecule has 0 radical (unpaired) electrons. The van der Waals surface area contributed by atoms with Gasteiger partial charge in [0.2, 0.25) is 5.91 Å². The number of hydrogen-bond donors (Lipinski definition) is 5. The van der Waals surface area contributed by atoms with E-state index in [4.69, 9.17) is 0 Å². The summed E-state index contributed by atoms with van der Waals surface area (Å²) in [7, 11) is -3.72. The van der Waals surface area contributed by atoms with E-state index in [1.165, 1.54) is 28.8 Å². The van der Waals surface area contributed by atoms with Crippen molar-refractivity contribution in [2.24, 2.45) is 5.92 Å². The van der Waals surface area contributed by atoms with Crippen molar-refractivity contribution in [1.82, 2.24) is 20.9 Å². The summed E-state index contributed by atoms with van der Waals surface area (Å²) in [6, 6.07) is 7.49. The first-order valence-corrected chi connectivity index (χ1v) is 17.2. The number of anilines is 1. The Hall–Kier alpha value is -3.34. The Morgan fingerprint density at radius 2 is 1.76 bits per heavy atom. The average Bonchev–Trinajstić information content (AvgIpc) is 3.01. The first kappa shape index (κ1) is 34.5.